The van der Waals surface area contributed by atoms with Gasteiger partial charge < -0.3 is 14.7 Å². The molecule has 1 aliphatic heterocycles. The minimum absolute atomic E-state index is 0.000327. The average molecular weight is 271 g/mol. The molecule has 0 atom stereocenters. The number of hydrogen-bond donors (Lipinski definition) is 1. The predicted octanol–water partition coefficient (Wildman–Crippen LogP) is 2.22. The quantitative estimate of drug-likeness (QED) is 0.930. The highest BCUT2D eigenvalue weighted by atomic mass is 16.5. The normalized spacial score (nSPS) is 12.9. The molecule has 1 aromatic heterocycles. The Balaban J connectivity index is 1.74. The zero-order valence-electron chi connectivity index (χ0n) is 11.6. The molecule has 5 heteroatoms. The molecule has 0 bridgehead atoms. The molecule has 0 fully saturated rings. The second kappa shape index (κ2) is 5.00. The summed E-state index contributed by atoms with van der Waals surface area (Å²) < 4.78 is 5.02. The second-order valence-corrected chi connectivity index (χ2v) is 5.14. The molecule has 0 unspecified atom stereocenters. The van der Waals surface area contributed by atoms with Crippen molar-refractivity contribution in [3.63, 3.8) is 0 Å². The number of anilines is 1. The topological polar surface area (TPSA) is 58.4 Å². The van der Waals surface area contributed by atoms with Gasteiger partial charge in [-0.05, 0) is 37.1 Å². The van der Waals surface area contributed by atoms with E-state index < -0.39 is 0 Å². The number of carbonyl (C=O) groups excluding carboxylic acids is 1. The SMILES string of the molecule is Cc1cc(CN(C)C(=O)c2ccc3c(c2)CCN3)no1. The van der Waals surface area contributed by atoms with Crippen molar-refractivity contribution in [3.05, 3.63) is 46.8 Å². The zero-order valence-corrected chi connectivity index (χ0v) is 11.6. The van der Waals surface area contributed by atoms with E-state index in [1.54, 1.807) is 11.9 Å². The largest absolute Gasteiger partial charge is 0.384 e. The number of rotatable bonds is 3. The van der Waals surface area contributed by atoms with Crippen LogP contribution in [0.2, 0.25) is 0 Å². The molecular formula is C15H17N3O2. The lowest BCUT2D eigenvalue weighted by Gasteiger charge is -2.16. The minimum atomic E-state index is 0.000327. The summed E-state index contributed by atoms with van der Waals surface area (Å²) >= 11 is 0. The molecule has 5 nitrogen and oxygen atoms in total. The molecule has 1 aromatic carbocycles. The smallest absolute Gasteiger partial charge is 0.253 e. The van der Waals surface area contributed by atoms with Crippen LogP contribution in [-0.2, 0) is 13.0 Å². The van der Waals surface area contributed by atoms with Crippen LogP contribution in [0.25, 0.3) is 0 Å². The summed E-state index contributed by atoms with van der Waals surface area (Å²) in [5.41, 5.74) is 3.83. The van der Waals surface area contributed by atoms with E-state index in [1.165, 1.54) is 5.56 Å². The number of aryl methyl sites for hydroxylation is 1. The van der Waals surface area contributed by atoms with Gasteiger partial charge in [-0.3, -0.25) is 4.79 Å². The molecular weight excluding hydrogens is 254 g/mol. The Hall–Kier alpha value is -2.30. The number of nitrogens with one attached hydrogen (secondary N) is 1. The predicted molar refractivity (Wildman–Crippen MR) is 75.7 cm³/mol. The third-order valence-corrected chi connectivity index (χ3v) is 3.48. The molecule has 2 aromatic rings. The molecule has 0 radical (unpaired) electrons. The van der Waals surface area contributed by atoms with E-state index in [9.17, 15) is 4.79 Å². The van der Waals surface area contributed by atoms with E-state index in [-0.39, 0.29) is 5.91 Å². The van der Waals surface area contributed by atoms with Crippen LogP contribution < -0.4 is 5.32 Å². The number of nitrogens with zero attached hydrogens (tertiary/aromatic N) is 2. The van der Waals surface area contributed by atoms with Gasteiger partial charge in [0.25, 0.3) is 5.91 Å². The molecule has 3 rings (SSSR count). The fourth-order valence-electron chi connectivity index (χ4n) is 2.47. The maximum absolute atomic E-state index is 12.4. The summed E-state index contributed by atoms with van der Waals surface area (Å²) in [6, 6.07) is 7.66. The third-order valence-electron chi connectivity index (χ3n) is 3.48. The first kappa shape index (κ1) is 12.7. The number of amides is 1. The number of fused-ring (bicyclic) bond motifs is 1. The van der Waals surface area contributed by atoms with Crippen LogP contribution in [0.3, 0.4) is 0 Å². The van der Waals surface area contributed by atoms with Crippen LogP contribution in [0, 0.1) is 6.92 Å². The Labute approximate surface area is 117 Å². The summed E-state index contributed by atoms with van der Waals surface area (Å²) in [5, 5.41) is 7.20. The third kappa shape index (κ3) is 2.39. The molecule has 0 saturated heterocycles. The number of benzene rings is 1. The number of aromatic nitrogens is 1. The van der Waals surface area contributed by atoms with Gasteiger partial charge in [0.2, 0.25) is 0 Å². The fourth-order valence-corrected chi connectivity index (χ4v) is 2.47. The molecule has 20 heavy (non-hydrogen) atoms. The maximum Gasteiger partial charge on any atom is 0.253 e. The van der Waals surface area contributed by atoms with E-state index >= 15 is 0 Å². The number of carbonyl (C=O) groups is 1. The average Bonchev–Trinajstić information content (AvgIpc) is 3.05. The Kier molecular flexibility index (Phi) is 3.18. The first-order valence-corrected chi connectivity index (χ1v) is 6.68. The van der Waals surface area contributed by atoms with Crippen LogP contribution in [0.5, 0.6) is 0 Å². The van der Waals surface area contributed by atoms with Gasteiger partial charge in [0.1, 0.15) is 11.5 Å². The van der Waals surface area contributed by atoms with E-state index in [2.05, 4.69) is 10.5 Å². The Morgan fingerprint density at radius 1 is 1.45 bits per heavy atom. The van der Waals surface area contributed by atoms with Crippen LogP contribution in [-0.4, -0.2) is 29.6 Å². The van der Waals surface area contributed by atoms with Crippen LogP contribution in [0.4, 0.5) is 5.69 Å². The van der Waals surface area contributed by atoms with Crippen molar-refractivity contribution in [3.8, 4) is 0 Å². The zero-order chi connectivity index (χ0) is 14.1. The Bertz CT molecular complexity index is 648. The van der Waals surface area contributed by atoms with E-state index in [0.29, 0.717) is 6.54 Å². The lowest BCUT2D eigenvalue weighted by Crippen LogP contribution is -2.26. The van der Waals surface area contributed by atoms with Crippen molar-refractivity contribution in [2.45, 2.75) is 19.9 Å². The summed E-state index contributed by atoms with van der Waals surface area (Å²) in [4.78, 5) is 14.1. The van der Waals surface area contributed by atoms with Crippen molar-refractivity contribution >= 4 is 11.6 Å². The van der Waals surface area contributed by atoms with Gasteiger partial charge in [0.05, 0.1) is 6.54 Å². The molecule has 0 spiro atoms. The van der Waals surface area contributed by atoms with Crippen molar-refractivity contribution in [2.24, 2.45) is 0 Å². The second-order valence-electron chi connectivity index (χ2n) is 5.14. The lowest BCUT2D eigenvalue weighted by molar-refractivity contribution is 0.0782. The van der Waals surface area contributed by atoms with Gasteiger partial charge in [-0.15, -0.1) is 0 Å². The van der Waals surface area contributed by atoms with Crippen LogP contribution in [0.15, 0.2) is 28.8 Å². The lowest BCUT2D eigenvalue weighted by atomic mass is 10.1. The summed E-state index contributed by atoms with van der Waals surface area (Å²) in [5.74, 6) is 0.754. The highest BCUT2D eigenvalue weighted by molar-refractivity contribution is 5.94. The standard InChI is InChI=1S/C15H17N3O2/c1-10-7-13(17-20-10)9-18(2)15(19)12-3-4-14-11(8-12)5-6-16-14/h3-4,7-8,16H,5-6,9H2,1-2H3. The maximum atomic E-state index is 12.4. The van der Waals surface area contributed by atoms with Gasteiger partial charge in [-0.1, -0.05) is 5.16 Å². The van der Waals surface area contributed by atoms with Crippen molar-refractivity contribution in [2.75, 3.05) is 18.9 Å². The first-order chi connectivity index (χ1) is 9.63. The van der Waals surface area contributed by atoms with Gasteiger partial charge in [-0.2, -0.15) is 0 Å². The van der Waals surface area contributed by atoms with Gasteiger partial charge in [0.15, 0.2) is 0 Å². The van der Waals surface area contributed by atoms with E-state index in [4.69, 9.17) is 4.52 Å². The summed E-state index contributed by atoms with van der Waals surface area (Å²) in [6.07, 6.45) is 0.975. The van der Waals surface area contributed by atoms with Gasteiger partial charge in [-0.25, -0.2) is 0 Å². The fraction of sp³-hybridized carbons (Fsp3) is 0.333. The highest BCUT2D eigenvalue weighted by Gasteiger charge is 2.17. The highest BCUT2D eigenvalue weighted by Crippen LogP contribution is 2.23. The number of hydrogen-bond acceptors (Lipinski definition) is 4. The molecule has 2 heterocycles. The van der Waals surface area contributed by atoms with Gasteiger partial charge in [0, 0.05) is 30.9 Å². The van der Waals surface area contributed by atoms with Crippen molar-refractivity contribution in [1.29, 1.82) is 0 Å². The molecule has 1 amide bonds. The molecule has 1 N–H and O–H groups in total. The Morgan fingerprint density at radius 2 is 2.30 bits per heavy atom. The van der Waals surface area contributed by atoms with Crippen molar-refractivity contribution < 1.29 is 9.32 Å². The van der Waals surface area contributed by atoms with E-state index in [1.807, 2.05) is 31.2 Å². The Morgan fingerprint density at radius 3 is 3.05 bits per heavy atom. The molecule has 104 valence electrons. The van der Waals surface area contributed by atoms with Crippen LogP contribution in [0.1, 0.15) is 27.4 Å². The molecule has 0 aliphatic carbocycles. The minimum Gasteiger partial charge on any atom is -0.384 e. The van der Waals surface area contributed by atoms with Crippen LogP contribution >= 0.6 is 0 Å². The molecule has 1 aliphatic rings. The van der Waals surface area contributed by atoms with Crippen molar-refractivity contribution in [1.82, 2.24) is 10.1 Å². The summed E-state index contributed by atoms with van der Waals surface area (Å²) in [7, 11) is 1.78. The summed E-state index contributed by atoms with van der Waals surface area (Å²) in [6.45, 7) is 3.23. The monoisotopic (exact) mass is 271 g/mol. The first-order valence-electron chi connectivity index (χ1n) is 6.68. The molecule has 0 saturated carbocycles. The van der Waals surface area contributed by atoms with E-state index in [0.717, 1.165) is 35.7 Å². The van der Waals surface area contributed by atoms with Gasteiger partial charge >= 0.3 is 0 Å².